The van der Waals surface area contributed by atoms with E-state index < -0.39 is 16.1 Å². The zero-order valence-electron chi connectivity index (χ0n) is 24.2. The average molecular weight is 598 g/mol. The molecule has 1 N–H and O–H groups in total. The summed E-state index contributed by atoms with van der Waals surface area (Å²) < 4.78 is 26.7. The van der Waals surface area contributed by atoms with Crippen LogP contribution in [0.2, 0.25) is 5.02 Å². The summed E-state index contributed by atoms with van der Waals surface area (Å²) in [5.74, 6) is -0.426. The van der Waals surface area contributed by atoms with Crippen molar-refractivity contribution in [2.45, 2.75) is 65.1 Å². The maximum Gasteiger partial charge on any atom is 0.243 e. The van der Waals surface area contributed by atoms with E-state index in [0.29, 0.717) is 17.1 Å². The van der Waals surface area contributed by atoms with Crippen molar-refractivity contribution in [3.8, 4) is 0 Å². The smallest absolute Gasteiger partial charge is 0.243 e. The van der Waals surface area contributed by atoms with Gasteiger partial charge in [0.1, 0.15) is 6.04 Å². The molecule has 3 rings (SSSR count). The number of carbonyl (C=O) groups excluding carboxylic acids is 2. The van der Waals surface area contributed by atoms with Gasteiger partial charge in [0.25, 0.3) is 0 Å². The van der Waals surface area contributed by atoms with Gasteiger partial charge in [0.2, 0.25) is 21.8 Å². The zero-order valence-corrected chi connectivity index (χ0v) is 25.8. The molecule has 0 heterocycles. The lowest BCUT2D eigenvalue weighted by Crippen LogP contribution is -2.52. The molecule has 0 radical (unpaired) electrons. The second kappa shape index (κ2) is 15.0. The summed E-state index contributed by atoms with van der Waals surface area (Å²) in [4.78, 5) is 29.1. The van der Waals surface area contributed by atoms with Gasteiger partial charge in [-0.05, 0) is 55.5 Å². The van der Waals surface area contributed by atoms with Gasteiger partial charge < -0.3 is 10.2 Å². The van der Waals surface area contributed by atoms with E-state index in [1.807, 2.05) is 81.4 Å². The van der Waals surface area contributed by atoms with Crippen LogP contribution in [-0.2, 0) is 32.6 Å². The highest BCUT2D eigenvalue weighted by Crippen LogP contribution is 2.27. The van der Waals surface area contributed by atoms with E-state index in [-0.39, 0.29) is 43.8 Å². The second-order valence-electron chi connectivity index (χ2n) is 10.4. The van der Waals surface area contributed by atoms with Crippen LogP contribution in [0, 0.1) is 6.92 Å². The van der Waals surface area contributed by atoms with Gasteiger partial charge in [0, 0.05) is 37.0 Å². The molecule has 41 heavy (non-hydrogen) atoms. The van der Waals surface area contributed by atoms with Crippen LogP contribution in [0.25, 0.3) is 0 Å². The number of hydrogen-bond acceptors (Lipinski definition) is 4. The Kier molecular flexibility index (Phi) is 11.8. The lowest BCUT2D eigenvalue weighted by atomic mass is 10.0. The van der Waals surface area contributed by atoms with Crippen LogP contribution in [0.4, 0.5) is 5.69 Å². The monoisotopic (exact) mass is 597 g/mol. The summed E-state index contributed by atoms with van der Waals surface area (Å²) in [7, 11) is -3.63. The molecule has 0 spiro atoms. The quantitative estimate of drug-likeness (QED) is 0.256. The number of carbonyl (C=O) groups is 2. The van der Waals surface area contributed by atoms with Gasteiger partial charge in [-0.15, -0.1) is 0 Å². The van der Waals surface area contributed by atoms with Gasteiger partial charge >= 0.3 is 0 Å². The minimum atomic E-state index is -3.63. The molecule has 2 amide bonds. The highest BCUT2D eigenvalue weighted by atomic mass is 35.5. The van der Waals surface area contributed by atoms with E-state index in [1.54, 1.807) is 23.1 Å². The Balaban J connectivity index is 1.89. The van der Waals surface area contributed by atoms with Crippen LogP contribution in [0.3, 0.4) is 0 Å². The fraction of sp³-hybridized carbons (Fsp3) is 0.375. The standard InChI is InChI=1S/C32H40ClN3O4S/c1-5-25(3)34-32(38)30(21-26-13-8-6-9-14-26)35(23-27-15-10-7-11-16-27)31(37)17-12-20-36(41(4,39)40)29-22-28(33)19-18-24(29)2/h6-11,13-16,18-19,22,25,30H,5,12,17,20-21,23H2,1-4H3,(H,34,38)/t25-,30-/m1/s1. The molecule has 0 unspecified atom stereocenters. The molecule has 0 aliphatic carbocycles. The molecular formula is C32H40ClN3O4S. The number of benzene rings is 3. The Hall–Kier alpha value is -3.36. The van der Waals surface area contributed by atoms with Crippen LogP contribution in [0.1, 0.15) is 49.8 Å². The Labute approximate surface area is 249 Å². The molecule has 0 saturated heterocycles. The van der Waals surface area contributed by atoms with Crippen LogP contribution in [0.5, 0.6) is 0 Å². The summed E-state index contributed by atoms with van der Waals surface area (Å²) in [5.41, 5.74) is 3.11. The normalized spacial score (nSPS) is 12.8. The van der Waals surface area contributed by atoms with Crippen LogP contribution < -0.4 is 9.62 Å². The number of sulfonamides is 1. The third-order valence-corrected chi connectivity index (χ3v) is 8.47. The van der Waals surface area contributed by atoms with Gasteiger partial charge in [-0.25, -0.2) is 8.42 Å². The summed E-state index contributed by atoms with van der Waals surface area (Å²) in [5, 5.41) is 3.50. The number of aryl methyl sites for hydroxylation is 1. The van der Waals surface area contributed by atoms with E-state index in [2.05, 4.69) is 5.32 Å². The molecule has 220 valence electrons. The third-order valence-electron chi connectivity index (χ3n) is 7.06. The van der Waals surface area contributed by atoms with Crippen LogP contribution >= 0.6 is 11.6 Å². The van der Waals surface area contributed by atoms with E-state index in [4.69, 9.17) is 11.6 Å². The predicted molar refractivity (Wildman–Crippen MR) is 166 cm³/mol. The first-order chi connectivity index (χ1) is 19.5. The SMILES string of the molecule is CC[C@@H](C)NC(=O)[C@@H](Cc1ccccc1)N(Cc1ccccc1)C(=O)CCCN(c1cc(Cl)ccc1C)S(C)(=O)=O. The Morgan fingerprint density at radius 3 is 2.15 bits per heavy atom. The van der Waals surface area contributed by atoms with Crippen LogP contribution in [-0.4, -0.2) is 50.0 Å². The Bertz CT molecular complexity index is 1400. The predicted octanol–water partition coefficient (Wildman–Crippen LogP) is 5.75. The maximum atomic E-state index is 13.9. The molecule has 0 saturated carbocycles. The first-order valence-electron chi connectivity index (χ1n) is 13.9. The number of nitrogens with one attached hydrogen (secondary N) is 1. The van der Waals surface area contributed by atoms with E-state index in [1.165, 1.54) is 4.31 Å². The van der Waals surface area contributed by atoms with Crippen molar-refractivity contribution in [3.05, 3.63) is 101 Å². The van der Waals surface area contributed by atoms with Gasteiger partial charge in [0.15, 0.2) is 0 Å². The van der Waals surface area contributed by atoms with Crippen molar-refractivity contribution in [1.82, 2.24) is 10.2 Å². The largest absolute Gasteiger partial charge is 0.352 e. The third kappa shape index (κ3) is 9.61. The van der Waals surface area contributed by atoms with Gasteiger partial charge in [-0.2, -0.15) is 0 Å². The van der Waals surface area contributed by atoms with E-state index in [9.17, 15) is 18.0 Å². The molecule has 7 nitrogen and oxygen atoms in total. The van der Waals surface area contributed by atoms with Gasteiger partial charge in [0.05, 0.1) is 11.9 Å². The summed E-state index contributed by atoms with van der Waals surface area (Å²) in [6.07, 6.45) is 2.61. The summed E-state index contributed by atoms with van der Waals surface area (Å²) in [6.45, 7) is 6.12. The molecule has 2 atom stereocenters. The number of anilines is 1. The van der Waals surface area contributed by atoms with E-state index in [0.717, 1.165) is 29.4 Å². The molecular weight excluding hydrogens is 558 g/mol. The number of nitrogens with zero attached hydrogens (tertiary/aromatic N) is 2. The highest BCUT2D eigenvalue weighted by Gasteiger charge is 2.31. The topological polar surface area (TPSA) is 86.8 Å². The second-order valence-corrected chi connectivity index (χ2v) is 12.7. The number of halogens is 1. The molecule has 0 aromatic heterocycles. The lowest BCUT2D eigenvalue weighted by molar-refractivity contribution is -0.141. The Morgan fingerprint density at radius 1 is 0.951 bits per heavy atom. The molecule has 3 aromatic rings. The molecule has 0 aliphatic rings. The van der Waals surface area contributed by atoms with Gasteiger partial charge in [-0.1, -0.05) is 85.3 Å². The van der Waals surface area contributed by atoms with Crippen molar-refractivity contribution in [2.24, 2.45) is 0 Å². The van der Waals surface area contributed by atoms with Gasteiger partial charge in [-0.3, -0.25) is 13.9 Å². The zero-order chi connectivity index (χ0) is 30.0. The number of rotatable bonds is 14. The highest BCUT2D eigenvalue weighted by molar-refractivity contribution is 7.92. The van der Waals surface area contributed by atoms with Crippen LogP contribution in [0.15, 0.2) is 78.9 Å². The van der Waals surface area contributed by atoms with Crippen molar-refractivity contribution in [3.63, 3.8) is 0 Å². The number of amides is 2. The fourth-order valence-electron chi connectivity index (χ4n) is 4.61. The molecule has 0 bridgehead atoms. The fourth-order valence-corrected chi connectivity index (χ4v) is 5.79. The first kappa shape index (κ1) is 32.2. The minimum absolute atomic E-state index is 0.0429. The maximum absolute atomic E-state index is 13.9. The van der Waals surface area contributed by atoms with E-state index >= 15 is 0 Å². The molecule has 3 aromatic carbocycles. The minimum Gasteiger partial charge on any atom is -0.352 e. The average Bonchev–Trinajstić information content (AvgIpc) is 2.94. The van der Waals surface area contributed by atoms with Crippen molar-refractivity contribution in [2.75, 3.05) is 17.1 Å². The molecule has 0 fully saturated rings. The molecule has 9 heteroatoms. The molecule has 0 aliphatic heterocycles. The first-order valence-corrected chi connectivity index (χ1v) is 16.1. The van der Waals surface area contributed by atoms with Crippen molar-refractivity contribution in [1.29, 1.82) is 0 Å². The summed E-state index contributed by atoms with van der Waals surface area (Å²) >= 11 is 6.17. The lowest BCUT2D eigenvalue weighted by Gasteiger charge is -2.33. The van der Waals surface area contributed by atoms with Crippen molar-refractivity contribution >= 4 is 39.1 Å². The Morgan fingerprint density at radius 2 is 1.56 bits per heavy atom. The number of hydrogen-bond donors (Lipinski definition) is 1. The van der Waals surface area contributed by atoms with Crippen molar-refractivity contribution < 1.29 is 18.0 Å². The summed E-state index contributed by atoms with van der Waals surface area (Å²) in [6, 6.07) is 23.6.